The van der Waals surface area contributed by atoms with Crippen LogP contribution in [0.1, 0.15) is 181 Å². The highest BCUT2D eigenvalue weighted by atomic mass is 31.3. The van der Waals surface area contributed by atoms with Gasteiger partial charge in [-0.25, -0.2) is 13.9 Å². The van der Waals surface area contributed by atoms with E-state index in [-0.39, 0.29) is 18.7 Å². The van der Waals surface area contributed by atoms with Crippen molar-refractivity contribution in [2.45, 2.75) is 212 Å². The minimum Gasteiger partial charge on any atom is -0.462 e. The molecule has 21 heteroatoms. The van der Waals surface area contributed by atoms with Crippen LogP contribution in [0.25, 0.3) is 0 Å². The highest BCUT2D eigenvalue weighted by Crippen LogP contribution is 2.60. The molecule has 72 heavy (non-hydrogen) atoms. The summed E-state index contributed by atoms with van der Waals surface area (Å²) in [6.45, 7) is 4.31. The Morgan fingerprint density at radius 3 is 2.04 bits per heavy atom. The van der Waals surface area contributed by atoms with E-state index in [2.05, 4.69) is 36.1 Å². The Balaban J connectivity index is 1.83. The van der Waals surface area contributed by atoms with Gasteiger partial charge in [-0.1, -0.05) is 166 Å². The maximum absolute atomic E-state index is 12.9. The molecular weight excluding hydrogens is 973 g/mol. The molecule has 1 aromatic rings. The van der Waals surface area contributed by atoms with Gasteiger partial charge in [-0.2, -0.15) is 9.29 Å². The van der Waals surface area contributed by atoms with Crippen molar-refractivity contribution in [3.8, 4) is 0 Å². The molecule has 7 N–H and O–H groups in total. The van der Waals surface area contributed by atoms with Gasteiger partial charge in [-0.05, 0) is 56.9 Å². The summed E-state index contributed by atoms with van der Waals surface area (Å²) in [6.07, 6.45) is 30.8. The molecule has 0 spiro atoms. The van der Waals surface area contributed by atoms with Crippen molar-refractivity contribution in [1.29, 1.82) is 0 Å². The minimum absolute atomic E-state index is 0.0192. The molecule has 8 atom stereocenters. The largest absolute Gasteiger partial charge is 0.481 e. The number of esters is 2. The van der Waals surface area contributed by atoms with E-state index < -0.39 is 89.8 Å². The van der Waals surface area contributed by atoms with Crippen LogP contribution in [0, 0.1) is 5.92 Å². The molecule has 1 aromatic heterocycles. The Bertz CT molecular complexity index is 1930. The molecular formula is C51H87N3O16P2. The van der Waals surface area contributed by atoms with Gasteiger partial charge in [0.15, 0.2) is 12.3 Å². The monoisotopic (exact) mass is 1060 g/mol. The van der Waals surface area contributed by atoms with Crippen molar-refractivity contribution in [1.82, 2.24) is 9.55 Å². The number of unbranched alkanes of at least 4 members (excludes halogenated alkanes) is 16. The standard InChI is InChI=1S/C51H87N3O16P2/c1-4-5-6-7-22-27-32-42(55)33-28-23-18-15-16-19-24-29-34-46(56)65-38-43(68-47(57)35-30-25-20-14-12-10-8-9-11-13-17-21-26-31-41(2)3)39-66-71(61,62)70-72(63,64)67-40-44-48(58)49(59)50(69-44)54-37-36-45(52)53-51(54)60/h16,18-19,22-23,27-28,33,36-37,41-44,48-50,55,58-59H,4-15,17,20-21,24-26,29-32,34-35,38-40H2,1-3H3,(H,61,62)(H,63,64)(H2,52,53,60)/b19-16-,23-18-,27-22-,33-28+/t42-,43-,44-,48-,49-,50-/m1/s1. The number of nitrogen functional groups attached to an aromatic ring is 1. The molecule has 0 aromatic carbocycles. The third-order valence-corrected chi connectivity index (χ3v) is 14.3. The van der Waals surface area contributed by atoms with E-state index in [1.54, 1.807) is 12.2 Å². The van der Waals surface area contributed by atoms with Crippen LogP contribution in [0.2, 0.25) is 0 Å². The van der Waals surface area contributed by atoms with Gasteiger partial charge in [0.1, 0.15) is 30.7 Å². The molecule has 2 rings (SSSR count). The number of anilines is 1. The fraction of sp³-hybridized carbons (Fsp3) is 0.725. The predicted octanol–water partition coefficient (Wildman–Crippen LogP) is 9.77. The molecule has 1 aliphatic heterocycles. The number of nitrogens with two attached hydrogens (primary N) is 1. The highest BCUT2D eigenvalue weighted by molar-refractivity contribution is 7.61. The van der Waals surface area contributed by atoms with Gasteiger partial charge in [-0.15, -0.1) is 0 Å². The van der Waals surface area contributed by atoms with E-state index in [0.29, 0.717) is 32.1 Å². The van der Waals surface area contributed by atoms with E-state index in [1.807, 2.05) is 30.4 Å². The third-order valence-electron chi connectivity index (χ3n) is 11.7. The molecule has 412 valence electrons. The maximum atomic E-state index is 12.9. The number of aliphatic hydroxyl groups excluding tert-OH is 3. The van der Waals surface area contributed by atoms with Crippen LogP contribution in [0.5, 0.6) is 0 Å². The van der Waals surface area contributed by atoms with Gasteiger partial charge in [0.2, 0.25) is 0 Å². The summed E-state index contributed by atoms with van der Waals surface area (Å²) in [6, 6.07) is 1.24. The number of phosphoric ester groups is 2. The Hall–Kier alpha value is -3.32. The molecule has 1 aliphatic rings. The van der Waals surface area contributed by atoms with Crippen molar-refractivity contribution in [2.75, 3.05) is 25.6 Å². The molecule has 0 aliphatic carbocycles. The van der Waals surface area contributed by atoms with Crippen molar-refractivity contribution < 1.29 is 71.4 Å². The first-order valence-corrected chi connectivity index (χ1v) is 29.1. The first kappa shape index (κ1) is 64.8. The number of rotatable bonds is 42. The number of hydrogen-bond donors (Lipinski definition) is 6. The van der Waals surface area contributed by atoms with Crippen molar-refractivity contribution in [3.63, 3.8) is 0 Å². The molecule has 2 unspecified atom stereocenters. The second kappa shape index (κ2) is 38.3. The number of aromatic nitrogens is 2. The summed E-state index contributed by atoms with van der Waals surface area (Å²) in [5, 5.41) is 31.0. The predicted molar refractivity (Wildman–Crippen MR) is 276 cm³/mol. The van der Waals surface area contributed by atoms with Crippen LogP contribution < -0.4 is 11.4 Å². The van der Waals surface area contributed by atoms with Crippen molar-refractivity contribution in [3.05, 3.63) is 71.4 Å². The number of carbonyl (C=O) groups is 2. The first-order valence-electron chi connectivity index (χ1n) is 26.1. The first-order chi connectivity index (χ1) is 34.4. The van der Waals surface area contributed by atoms with Crippen molar-refractivity contribution >= 4 is 33.4 Å². The molecule has 1 saturated heterocycles. The normalized spacial score (nSPS) is 20.0. The fourth-order valence-corrected chi connectivity index (χ4v) is 9.69. The van der Waals surface area contributed by atoms with Crippen LogP contribution in [0.15, 0.2) is 65.7 Å². The van der Waals surface area contributed by atoms with Crippen LogP contribution in [0.3, 0.4) is 0 Å². The molecule has 0 radical (unpaired) electrons. The SMILES string of the molecule is CCCCC/C=C\C[C@@H](O)/C=C/C=C\C/C=C\CCCC(=O)OC[C@H](COP(=O)(O)OP(=O)(O)OC[C@H]1O[C@@H](n2ccc(N)nc2=O)[C@H](O)[C@@H]1O)OC(=O)CCCCCCCCCCCCCCCC(C)C. The lowest BCUT2D eigenvalue weighted by Crippen LogP contribution is -2.36. The zero-order chi connectivity index (χ0) is 53.0. The Morgan fingerprint density at radius 2 is 1.39 bits per heavy atom. The zero-order valence-electron chi connectivity index (χ0n) is 43.0. The van der Waals surface area contributed by atoms with E-state index in [0.717, 1.165) is 55.2 Å². The maximum Gasteiger partial charge on any atom is 0.481 e. The lowest BCUT2D eigenvalue weighted by Gasteiger charge is -2.21. The molecule has 1 fully saturated rings. The number of phosphoric acid groups is 2. The van der Waals surface area contributed by atoms with E-state index >= 15 is 0 Å². The van der Waals surface area contributed by atoms with Crippen molar-refractivity contribution in [2.24, 2.45) is 5.92 Å². The number of ether oxygens (including phenoxy) is 3. The smallest absolute Gasteiger partial charge is 0.462 e. The van der Waals surface area contributed by atoms with Gasteiger partial charge in [-0.3, -0.25) is 23.2 Å². The Morgan fingerprint density at radius 1 is 0.778 bits per heavy atom. The molecule has 0 saturated carbocycles. The summed E-state index contributed by atoms with van der Waals surface area (Å²) in [5.74, 6) is -0.627. The van der Waals surface area contributed by atoms with Crippen LogP contribution in [-0.2, 0) is 46.3 Å². The molecule has 2 heterocycles. The fourth-order valence-electron chi connectivity index (χ4n) is 7.57. The van der Waals surface area contributed by atoms with Gasteiger partial charge >= 0.3 is 33.3 Å². The average Bonchev–Trinajstić information content (AvgIpc) is 3.60. The molecule has 19 nitrogen and oxygen atoms in total. The lowest BCUT2D eigenvalue weighted by atomic mass is 10.0. The van der Waals surface area contributed by atoms with Gasteiger partial charge in [0, 0.05) is 19.0 Å². The molecule has 0 bridgehead atoms. The second-order valence-corrected chi connectivity index (χ2v) is 21.7. The van der Waals surface area contributed by atoms with Gasteiger partial charge in [0.05, 0.1) is 19.3 Å². The summed E-state index contributed by atoms with van der Waals surface area (Å²) in [4.78, 5) is 61.9. The lowest BCUT2D eigenvalue weighted by molar-refractivity contribution is -0.161. The Kier molecular flexibility index (Phi) is 34.4. The highest BCUT2D eigenvalue weighted by Gasteiger charge is 2.46. The minimum atomic E-state index is -5.45. The number of carbonyl (C=O) groups excluding carboxylic acids is 2. The van der Waals surface area contributed by atoms with E-state index in [1.165, 1.54) is 76.7 Å². The second-order valence-electron chi connectivity index (χ2n) is 18.7. The zero-order valence-corrected chi connectivity index (χ0v) is 44.8. The summed E-state index contributed by atoms with van der Waals surface area (Å²) < 4.78 is 56.7. The summed E-state index contributed by atoms with van der Waals surface area (Å²) in [5.41, 5.74) is 4.58. The molecule has 0 amide bonds. The number of nitrogens with zero attached hydrogens (tertiary/aromatic N) is 2. The number of hydrogen-bond acceptors (Lipinski definition) is 16. The topological polar surface area (TPSA) is 286 Å². The quantitative estimate of drug-likeness (QED) is 0.0117. The number of allylic oxidation sites excluding steroid dienone is 6. The van der Waals surface area contributed by atoms with Gasteiger partial charge < -0.3 is 45.1 Å². The van der Waals surface area contributed by atoms with Crippen LogP contribution in [0.4, 0.5) is 5.82 Å². The van der Waals surface area contributed by atoms with E-state index in [4.69, 9.17) is 29.0 Å². The summed E-state index contributed by atoms with van der Waals surface area (Å²) >= 11 is 0. The van der Waals surface area contributed by atoms with Crippen LogP contribution >= 0.6 is 15.6 Å². The van der Waals surface area contributed by atoms with Crippen LogP contribution in [-0.4, -0.2) is 96.9 Å². The Labute approximate surface area is 427 Å². The number of aliphatic hydroxyl groups is 3. The van der Waals surface area contributed by atoms with Gasteiger partial charge in [0.25, 0.3) is 0 Å². The summed E-state index contributed by atoms with van der Waals surface area (Å²) in [7, 11) is -10.9. The average molecular weight is 1060 g/mol. The van der Waals surface area contributed by atoms with E-state index in [9.17, 15) is 48.6 Å². The third kappa shape index (κ3) is 31.4.